The molecule has 4 aromatic rings. The van der Waals surface area contributed by atoms with E-state index in [1.54, 1.807) is 33.7 Å². The molecule has 1 aliphatic rings. The predicted octanol–water partition coefficient (Wildman–Crippen LogP) is 2.89. The number of fused-ring (bicyclic) bond motifs is 1. The van der Waals surface area contributed by atoms with Crippen molar-refractivity contribution in [3.05, 3.63) is 76.9 Å². The monoisotopic (exact) mass is 547 g/mol. The normalized spacial score (nSPS) is 15.1. The number of benzene rings is 1. The molecule has 0 unspecified atom stereocenters. The molecule has 0 saturated carbocycles. The third-order valence-corrected chi connectivity index (χ3v) is 9.03. The maximum absolute atomic E-state index is 13.4. The van der Waals surface area contributed by atoms with Crippen molar-refractivity contribution in [2.24, 2.45) is 0 Å². The number of hydrogen-bond acceptors (Lipinski definition) is 9. The molecule has 35 heavy (non-hydrogen) atoms. The molecule has 180 valence electrons. The van der Waals surface area contributed by atoms with Gasteiger partial charge in [-0.15, -0.1) is 11.3 Å². The zero-order chi connectivity index (χ0) is 24.7. The molecule has 0 fully saturated rings. The molecular formula is C23H20ClN4O4S3+. The van der Waals surface area contributed by atoms with Crippen LogP contribution in [0, 0.1) is 0 Å². The first-order valence-corrected chi connectivity index (χ1v) is 13.5. The second-order valence-corrected chi connectivity index (χ2v) is 11.0. The van der Waals surface area contributed by atoms with E-state index in [4.69, 9.17) is 16.1 Å². The van der Waals surface area contributed by atoms with Gasteiger partial charge in [-0.3, -0.25) is 9.36 Å². The molecule has 4 heterocycles. The molecule has 0 saturated heterocycles. The van der Waals surface area contributed by atoms with Gasteiger partial charge in [-0.05, 0) is 25.1 Å². The molecule has 0 N–H and O–H groups in total. The molecule has 1 aromatic carbocycles. The Morgan fingerprint density at radius 1 is 1.34 bits per heavy atom. The number of rotatable bonds is 5. The lowest BCUT2D eigenvalue weighted by Gasteiger charge is -2.12. The highest BCUT2D eigenvalue weighted by Crippen LogP contribution is 2.46. The highest BCUT2D eigenvalue weighted by molar-refractivity contribution is 8.08. The van der Waals surface area contributed by atoms with Gasteiger partial charge in [0.2, 0.25) is 5.76 Å². The van der Waals surface area contributed by atoms with Crippen LogP contribution in [0.25, 0.3) is 11.1 Å². The number of hydrogen-bond donors (Lipinski definition) is 0. The molecule has 0 aliphatic carbocycles. The average molecular weight is 548 g/mol. The number of thioether (sulfide) groups is 1. The van der Waals surface area contributed by atoms with Crippen LogP contribution in [0.1, 0.15) is 28.2 Å². The summed E-state index contributed by atoms with van der Waals surface area (Å²) in [5.41, 5.74) is 1.58. The topological polar surface area (TPSA) is 81.5 Å². The molecule has 8 nitrogen and oxygen atoms in total. The van der Waals surface area contributed by atoms with Crippen LogP contribution in [0.15, 0.2) is 50.1 Å². The Balaban J connectivity index is 1.55. The Bertz CT molecular complexity index is 1620. The van der Waals surface area contributed by atoms with Gasteiger partial charge in [0.25, 0.3) is 10.6 Å². The van der Waals surface area contributed by atoms with Crippen LogP contribution < -0.4 is 24.2 Å². The summed E-state index contributed by atoms with van der Waals surface area (Å²) in [5.74, 6) is -0.510. The summed E-state index contributed by atoms with van der Waals surface area (Å²) in [6.45, 7) is 2.93. The first-order valence-electron chi connectivity index (χ1n) is 10.6. The summed E-state index contributed by atoms with van der Waals surface area (Å²) in [6.07, 6.45) is 3.94. The van der Waals surface area contributed by atoms with E-state index in [1.807, 2.05) is 59.3 Å². The zero-order valence-electron chi connectivity index (χ0n) is 19.0. The van der Waals surface area contributed by atoms with Crippen molar-refractivity contribution < 1.29 is 18.6 Å². The van der Waals surface area contributed by atoms with Crippen LogP contribution in [0.2, 0.25) is 5.02 Å². The van der Waals surface area contributed by atoms with Crippen LogP contribution in [0.4, 0.5) is 5.69 Å². The zero-order valence-corrected chi connectivity index (χ0v) is 22.2. The molecule has 1 aliphatic heterocycles. The maximum Gasteiger partial charge on any atom is 0.376 e. The fourth-order valence-corrected chi connectivity index (χ4v) is 7.18. The van der Waals surface area contributed by atoms with E-state index in [2.05, 4.69) is 9.89 Å². The number of thiazole rings is 2. The van der Waals surface area contributed by atoms with Crippen molar-refractivity contribution >= 4 is 68.8 Å². The largest absolute Gasteiger partial charge is 0.463 e. The van der Waals surface area contributed by atoms with Crippen molar-refractivity contribution in [1.29, 1.82) is 0 Å². The Hall–Kier alpha value is -2.86. The third kappa shape index (κ3) is 4.44. The van der Waals surface area contributed by atoms with Gasteiger partial charge in [-0.25, -0.2) is 4.79 Å². The fourth-order valence-electron chi connectivity index (χ4n) is 3.71. The number of esters is 1. The van der Waals surface area contributed by atoms with Gasteiger partial charge in [0, 0.05) is 29.6 Å². The molecule has 0 atom stereocenters. The summed E-state index contributed by atoms with van der Waals surface area (Å²) in [6, 6.07) is 7.33. The third-order valence-electron chi connectivity index (χ3n) is 5.45. The van der Waals surface area contributed by atoms with Gasteiger partial charge in [0.1, 0.15) is 19.9 Å². The van der Waals surface area contributed by atoms with E-state index in [0.717, 1.165) is 25.3 Å². The summed E-state index contributed by atoms with van der Waals surface area (Å²) < 4.78 is 15.1. The van der Waals surface area contributed by atoms with E-state index >= 15 is 0 Å². The van der Waals surface area contributed by atoms with Crippen molar-refractivity contribution in [3.8, 4) is 0 Å². The molecule has 0 bridgehead atoms. The number of halogens is 1. The van der Waals surface area contributed by atoms with Crippen LogP contribution in [0.5, 0.6) is 0 Å². The van der Waals surface area contributed by atoms with Gasteiger partial charge >= 0.3 is 5.97 Å². The summed E-state index contributed by atoms with van der Waals surface area (Å²) >= 11 is 10.8. The molecule has 5 rings (SSSR count). The summed E-state index contributed by atoms with van der Waals surface area (Å²) in [4.78, 5) is 28.1. The average Bonchev–Trinajstić information content (AvgIpc) is 3.62. The number of aromatic nitrogens is 3. The smallest absolute Gasteiger partial charge is 0.376 e. The molecule has 12 heteroatoms. The van der Waals surface area contributed by atoms with E-state index < -0.39 is 5.97 Å². The number of carbonyl (C=O) groups is 1. The van der Waals surface area contributed by atoms with Gasteiger partial charge in [-0.1, -0.05) is 39.9 Å². The van der Waals surface area contributed by atoms with Crippen LogP contribution in [-0.2, 0) is 17.8 Å². The molecule has 0 amide bonds. The van der Waals surface area contributed by atoms with Gasteiger partial charge < -0.3 is 14.2 Å². The van der Waals surface area contributed by atoms with Crippen molar-refractivity contribution in [1.82, 2.24) is 9.72 Å². The second kappa shape index (κ2) is 9.65. The van der Waals surface area contributed by atoms with Crippen molar-refractivity contribution in [2.45, 2.75) is 24.9 Å². The van der Waals surface area contributed by atoms with Crippen LogP contribution in [0.3, 0.4) is 0 Å². The van der Waals surface area contributed by atoms with E-state index in [-0.39, 0.29) is 11.3 Å². The fraction of sp³-hybridized carbons (Fsp3) is 0.217. The first kappa shape index (κ1) is 23.9. The maximum atomic E-state index is 13.4. The molecular weight excluding hydrogens is 528 g/mol. The standard InChI is InChI=1S/C23H20ClN4O4S3/c1-4-28-19(11-18-27(7-8-33-18)12-14-10-16(32-25-14)23(30)31-3)35-20(21(28)29)22-26(2)15-9-13(24)5-6-17(15)34-22/h5-11H,4,12H2,1-3H3/q+1/b22-20+. The minimum atomic E-state index is -0.569. The Morgan fingerprint density at radius 3 is 2.94 bits per heavy atom. The van der Waals surface area contributed by atoms with Crippen molar-refractivity contribution in [3.63, 3.8) is 0 Å². The molecule has 3 aromatic heterocycles. The number of anilines is 1. The highest BCUT2D eigenvalue weighted by Gasteiger charge is 2.25. The van der Waals surface area contributed by atoms with Gasteiger partial charge in [0.05, 0.1) is 24.3 Å². The Kier molecular flexibility index (Phi) is 6.58. The minimum absolute atomic E-state index is 0.0145. The minimum Gasteiger partial charge on any atom is -0.463 e. The second-order valence-electron chi connectivity index (χ2n) is 7.58. The lowest BCUT2D eigenvalue weighted by molar-refractivity contribution is -0.685. The van der Waals surface area contributed by atoms with Gasteiger partial charge in [-0.2, -0.15) is 4.57 Å². The predicted molar refractivity (Wildman–Crippen MR) is 138 cm³/mol. The quantitative estimate of drug-likeness (QED) is 0.281. The van der Waals surface area contributed by atoms with E-state index in [9.17, 15) is 9.59 Å². The van der Waals surface area contributed by atoms with E-state index in [0.29, 0.717) is 28.3 Å². The van der Waals surface area contributed by atoms with Crippen LogP contribution >= 0.6 is 46.0 Å². The van der Waals surface area contributed by atoms with E-state index in [1.165, 1.54) is 18.4 Å². The Morgan fingerprint density at radius 2 is 2.17 bits per heavy atom. The summed E-state index contributed by atoms with van der Waals surface area (Å²) in [5, 5.41) is 8.43. The number of carbonyl (C=O) groups excluding carboxylic acids is 1. The lowest BCUT2D eigenvalue weighted by atomic mass is 10.3. The van der Waals surface area contributed by atoms with Crippen molar-refractivity contribution in [2.75, 3.05) is 19.1 Å². The molecule has 0 spiro atoms. The van der Waals surface area contributed by atoms with Crippen LogP contribution in [-0.4, -0.2) is 29.9 Å². The molecule has 0 radical (unpaired) electrons. The number of methoxy groups -OCH3 is 1. The summed E-state index contributed by atoms with van der Waals surface area (Å²) in [7, 11) is 3.25. The number of nitrogens with zero attached hydrogens (tertiary/aromatic N) is 4. The Labute approximate surface area is 217 Å². The number of ether oxygens (including phenoxy) is 1. The lowest BCUT2D eigenvalue weighted by Crippen LogP contribution is -2.36. The van der Waals surface area contributed by atoms with Gasteiger partial charge in [0.15, 0.2) is 12.7 Å². The first-order chi connectivity index (χ1) is 16.9. The highest BCUT2D eigenvalue weighted by atomic mass is 35.5. The SMILES string of the molecule is CCn1c(=O)/c(=C2\Sc3ccc(Cl)cc3N2C)s/c1=C\c1scc[n+]1Cc1cc(C(=O)OC)on1.